The van der Waals surface area contributed by atoms with Gasteiger partial charge in [0.2, 0.25) is 10.0 Å². The summed E-state index contributed by atoms with van der Waals surface area (Å²) < 4.78 is 28.4. The molecule has 2 rings (SSSR count). The van der Waals surface area contributed by atoms with E-state index in [1.807, 2.05) is 13.0 Å². The fourth-order valence-corrected chi connectivity index (χ4v) is 3.12. The normalized spacial score (nSPS) is 13.3. The number of hydrogen-bond donors (Lipinski definition) is 2. The molecule has 0 bridgehead atoms. The van der Waals surface area contributed by atoms with E-state index < -0.39 is 16.1 Å². The van der Waals surface area contributed by atoms with Crippen molar-refractivity contribution in [3.8, 4) is 0 Å². The van der Waals surface area contributed by atoms with Crippen LogP contribution in [0.15, 0.2) is 47.5 Å². The molecule has 0 amide bonds. The van der Waals surface area contributed by atoms with Crippen LogP contribution in [0.5, 0.6) is 0 Å². The Bertz CT molecular complexity index is 692. The van der Waals surface area contributed by atoms with Crippen LogP contribution in [0.2, 0.25) is 0 Å². The topological polar surface area (TPSA) is 71.3 Å². The summed E-state index contributed by atoms with van der Waals surface area (Å²) in [4.78, 5) is 0.205. The molecule has 0 aliphatic rings. The maximum atomic E-state index is 12.1. The molecular weight excluding hydrogens is 276 g/mol. The molecule has 1 aromatic carbocycles. The Hall–Kier alpha value is -1.63. The lowest BCUT2D eigenvalue weighted by atomic mass is 10.2. The maximum Gasteiger partial charge on any atom is 0.240 e. The quantitative estimate of drug-likeness (QED) is 0.874. The minimum Gasteiger partial charge on any atom is -0.386 e. The van der Waals surface area contributed by atoms with Gasteiger partial charge in [0, 0.05) is 25.5 Å². The van der Waals surface area contributed by atoms with Crippen molar-refractivity contribution in [1.82, 2.24) is 9.29 Å². The van der Waals surface area contributed by atoms with Gasteiger partial charge in [-0.15, -0.1) is 0 Å². The van der Waals surface area contributed by atoms with Gasteiger partial charge in [0.1, 0.15) is 6.10 Å². The summed E-state index contributed by atoms with van der Waals surface area (Å²) >= 11 is 0. The van der Waals surface area contributed by atoms with Gasteiger partial charge in [-0.3, -0.25) is 0 Å². The zero-order valence-corrected chi connectivity index (χ0v) is 12.3. The number of nitrogens with zero attached hydrogens (tertiary/aromatic N) is 1. The second kappa shape index (κ2) is 5.78. The molecule has 0 saturated heterocycles. The summed E-state index contributed by atoms with van der Waals surface area (Å²) in [6.45, 7) is 1.77. The van der Waals surface area contributed by atoms with Gasteiger partial charge in [0.25, 0.3) is 0 Å². The van der Waals surface area contributed by atoms with Crippen LogP contribution in [-0.2, 0) is 17.1 Å². The summed E-state index contributed by atoms with van der Waals surface area (Å²) in [7, 11) is -1.80. The Morgan fingerprint density at radius 2 is 2.05 bits per heavy atom. The van der Waals surface area contributed by atoms with Crippen LogP contribution in [0.25, 0.3) is 0 Å². The molecule has 6 heteroatoms. The van der Waals surface area contributed by atoms with Crippen molar-refractivity contribution in [1.29, 1.82) is 0 Å². The predicted molar refractivity (Wildman–Crippen MR) is 76.7 cm³/mol. The molecule has 0 radical (unpaired) electrons. The molecule has 20 heavy (non-hydrogen) atoms. The van der Waals surface area contributed by atoms with E-state index in [-0.39, 0.29) is 11.4 Å². The third-order valence-electron chi connectivity index (χ3n) is 3.09. The predicted octanol–water partition coefficient (Wildman–Crippen LogP) is 1.35. The number of aromatic nitrogens is 1. The van der Waals surface area contributed by atoms with Gasteiger partial charge < -0.3 is 9.67 Å². The highest BCUT2D eigenvalue weighted by Gasteiger charge is 2.17. The first-order valence-corrected chi connectivity index (χ1v) is 7.74. The van der Waals surface area contributed by atoms with E-state index in [1.54, 1.807) is 42.1 Å². The van der Waals surface area contributed by atoms with Gasteiger partial charge in [-0.2, -0.15) is 0 Å². The van der Waals surface area contributed by atoms with Crippen molar-refractivity contribution in [3.05, 3.63) is 53.9 Å². The van der Waals surface area contributed by atoms with Crippen molar-refractivity contribution in [2.24, 2.45) is 7.05 Å². The molecule has 1 atom stereocenters. The lowest BCUT2D eigenvalue weighted by molar-refractivity contribution is 0.173. The SMILES string of the molecule is Cc1cccc(S(=O)(=O)NC[C@@H](O)c2cccn2C)c1. The fourth-order valence-electron chi connectivity index (χ4n) is 1.98. The molecule has 0 fully saturated rings. The number of aliphatic hydroxyl groups excluding tert-OH is 1. The molecule has 108 valence electrons. The van der Waals surface area contributed by atoms with Crippen molar-refractivity contribution in [2.75, 3.05) is 6.54 Å². The average molecular weight is 294 g/mol. The first-order chi connectivity index (χ1) is 9.40. The van der Waals surface area contributed by atoms with Crippen molar-refractivity contribution >= 4 is 10.0 Å². The molecule has 1 heterocycles. The number of benzene rings is 1. The number of nitrogens with one attached hydrogen (secondary N) is 1. The van der Waals surface area contributed by atoms with Crippen LogP contribution in [0, 0.1) is 6.92 Å². The molecular formula is C14H18N2O3S. The Morgan fingerprint density at radius 3 is 2.65 bits per heavy atom. The molecule has 0 unspecified atom stereocenters. The first-order valence-electron chi connectivity index (χ1n) is 6.26. The number of hydrogen-bond acceptors (Lipinski definition) is 3. The van der Waals surface area contributed by atoms with E-state index in [0.717, 1.165) is 5.56 Å². The Kier molecular flexibility index (Phi) is 4.27. The lowest BCUT2D eigenvalue weighted by Crippen LogP contribution is -2.29. The van der Waals surface area contributed by atoms with Crippen LogP contribution < -0.4 is 4.72 Å². The summed E-state index contributed by atoms with van der Waals surface area (Å²) in [6, 6.07) is 10.2. The van der Waals surface area contributed by atoms with Gasteiger partial charge in [0.05, 0.1) is 4.90 Å². The van der Waals surface area contributed by atoms with E-state index in [1.165, 1.54) is 6.07 Å². The van der Waals surface area contributed by atoms with Gasteiger partial charge in [-0.05, 0) is 36.8 Å². The number of aryl methyl sites for hydroxylation is 2. The van der Waals surface area contributed by atoms with Gasteiger partial charge in [-0.1, -0.05) is 12.1 Å². The van der Waals surface area contributed by atoms with E-state index in [4.69, 9.17) is 0 Å². The van der Waals surface area contributed by atoms with E-state index in [2.05, 4.69) is 4.72 Å². The average Bonchev–Trinajstić information content (AvgIpc) is 2.82. The van der Waals surface area contributed by atoms with Crippen LogP contribution in [-0.4, -0.2) is 24.6 Å². The van der Waals surface area contributed by atoms with E-state index in [0.29, 0.717) is 5.69 Å². The first kappa shape index (κ1) is 14.8. The Balaban J connectivity index is 2.08. The summed E-state index contributed by atoms with van der Waals surface area (Å²) in [5.74, 6) is 0. The van der Waals surface area contributed by atoms with Gasteiger partial charge >= 0.3 is 0 Å². The largest absolute Gasteiger partial charge is 0.386 e. The standard InChI is InChI=1S/C14H18N2O3S/c1-11-5-3-6-12(9-11)20(18,19)15-10-14(17)13-7-4-8-16(13)2/h3-9,14-15,17H,10H2,1-2H3/t14-/m1/s1. The third-order valence-corrected chi connectivity index (χ3v) is 4.51. The van der Waals surface area contributed by atoms with Crippen molar-refractivity contribution in [2.45, 2.75) is 17.9 Å². The summed E-state index contributed by atoms with van der Waals surface area (Å²) in [5, 5.41) is 10.0. The minimum atomic E-state index is -3.60. The number of rotatable bonds is 5. The highest BCUT2D eigenvalue weighted by Crippen LogP contribution is 2.14. The Labute approximate surface area is 118 Å². The molecule has 0 aliphatic carbocycles. The van der Waals surface area contributed by atoms with Gasteiger partial charge in [-0.25, -0.2) is 13.1 Å². The van der Waals surface area contributed by atoms with E-state index >= 15 is 0 Å². The second-order valence-electron chi connectivity index (χ2n) is 4.73. The minimum absolute atomic E-state index is 0.0614. The highest BCUT2D eigenvalue weighted by atomic mass is 32.2. The van der Waals surface area contributed by atoms with Crippen molar-refractivity contribution < 1.29 is 13.5 Å². The third kappa shape index (κ3) is 3.27. The molecule has 5 nitrogen and oxygen atoms in total. The smallest absolute Gasteiger partial charge is 0.240 e. The van der Waals surface area contributed by atoms with E-state index in [9.17, 15) is 13.5 Å². The molecule has 0 saturated carbocycles. The summed E-state index contributed by atoms with van der Waals surface area (Å²) in [5.41, 5.74) is 1.54. The lowest BCUT2D eigenvalue weighted by Gasteiger charge is -2.13. The molecule has 2 N–H and O–H groups in total. The molecule has 0 spiro atoms. The molecule has 1 aromatic heterocycles. The highest BCUT2D eigenvalue weighted by molar-refractivity contribution is 7.89. The second-order valence-corrected chi connectivity index (χ2v) is 6.50. The molecule has 2 aromatic rings. The van der Waals surface area contributed by atoms with Crippen LogP contribution in [0.3, 0.4) is 0 Å². The maximum absolute atomic E-state index is 12.1. The number of sulfonamides is 1. The van der Waals surface area contributed by atoms with Crippen molar-refractivity contribution in [3.63, 3.8) is 0 Å². The van der Waals surface area contributed by atoms with Crippen LogP contribution in [0.4, 0.5) is 0 Å². The Morgan fingerprint density at radius 1 is 1.30 bits per heavy atom. The fraction of sp³-hybridized carbons (Fsp3) is 0.286. The zero-order chi connectivity index (χ0) is 14.8. The zero-order valence-electron chi connectivity index (χ0n) is 11.4. The monoisotopic (exact) mass is 294 g/mol. The molecule has 0 aliphatic heterocycles. The van der Waals surface area contributed by atoms with Crippen LogP contribution >= 0.6 is 0 Å². The number of aliphatic hydroxyl groups is 1. The summed E-state index contributed by atoms with van der Waals surface area (Å²) in [6.07, 6.45) is 0.919. The van der Waals surface area contributed by atoms with Gasteiger partial charge in [0.15, 0.2) is 0 Å². The van der Waals surface area contributed by atoms with Crippen LogP contribution in [0.1, 0.15) is 17.4 Å².